The van der Waals surface area contributed by atoms with Crippen molar-refractivity contribution in [3.8, 4) is 0 Å². The van der Waals surface area contributed by atoms with E-state index < -0.39 is 12.6 Å². The van der Waals surface area contributed by atoms with Crippen LogP contribution in [0, 0.1) is 5.92 Å². The van der Waals surface area contributed by atoms with E-state index in [4.69, 9.17) is 0 Å². The Hall–Kier alpha value is -0.990. The molecule has 1 aromatic rings. The Labute approximate surface area is 113 Å². The Kier molecular flexibility index (Phi) is 4.89. The third-order valence-corrected chi connectivity index (χ3v) is 4.19. The minimum atomic E-state index is -3.98. The maximum atomic E-state index is 12.1. The molecule has 2 rings (SSSR count). The summed E-state index contributed by atoms with van der Waals surface area (Å²) in [5, 5.41) is 0. The van der Waals surface area contributed by atoms with Crippen LogP contribution in [0.2, 0.25) is 0 Å². The standard InChI is InChI=1S/C16H21F3/c17-16(18,19)12-4-5-13-8-10-15(11-9-13)14-6-2-1-3-7-14/h1-3,6-7,13,15H,4-5,8-12H2. The topological polar surface area (TPSA) is 0 Å². The number of alkyl halides is 3. The zero-order valence-corrected chi connectivity index (χ0v) is 11.1. The van der Waals surface area contributed by atoms with Crippen molar-refractivity contribution in [1.82, 2.24) is 0 Å². The van der Waals surface area contributed by atoms with Crippen LogP contribution in [0.25, 0.3) is 0 Å². The average Bonchev–Trinajstić information content (AvgIpc) is 2.39. The highest BCUT2D eigenvalue weighted by Crippen LogP contribution is 2.38. The molecule has 0 unspecified atom stereocenters. The van der Waals surface area contributed by atoms with Gasteiger partial charge in [0, 0.05) is 6.42 Å². The smallest absolute Gasteiger partial charge is 0.171 e. The second kappa shape index (κ2) is 6.44. The normalized spacial score (nSPS) is 24.4. The van der Waals surface area contributed by atoms with Gasteiger partial charge in [0.25, 0.3) is 0 Å². The molecule has 0 amide bonds. The summed E-state index contributed by atoms with van der Waals surface area (Å²) in [5.74, 6) is 1.11. The van der Waals surface area contributed by atoms with Gasteiger partial charge >= 0.3 is 6.18 Å². The second-order valence-corrected chi connectivity index (χ2v) is 5.64. The van der Waals surface area contributed by atoms with Gasteiger partial charge < -0.3 is 0 Å². The third-order valence-electron chi connectivity index (χ3n) is 4.19. The Balaban J connectivity index is 1.71. The number of hydrogen-bond acceptors (Lipinski definition) is 0. The van der Waals surface area contributed by atoms with E-state index in [-0.39, 0.29) is 0 Å². The summed E-state index contributed by atoms with van der Waals surface area (Å²) in [6.45, 7) is 0. The largest absolute Gasteiger partial charge is 0.389 e. The monoisotopic (exact) mass is 270 g/mol. The van der Waals surface area contributed by atoms with Crippen LogP contribution in [-0.2, 0) is 0 Å². The van der Waals surface area contributed by atoms with Crippen molar-refractivity contribution in [2.45, 2.75) is 57.0 Å². The molecule has 0 saturated heterocycles. The molecule has 3 heteroatoms. The van der Waals surface area contributed by atoms with Crippen molar-refractivity contribution >= 4 is 0 Å². The van der Waals surface area contributed by atoms with Gasteiger partial charge in [-0.05, 0) is 49.5 Å². The SMILES string of the molecule is FC(F)(F)CCCC1CCC(c2ccccc2)CC1. The van der Waals surface area contributed by atoms with Crippen LogP contribution in [0.1, 0.15) is 56.4 Å². The van der Waals surface area contributed by atoms with Crippen molar-refractivity contribution < 1.29 is 13.2 Å². The summed E-state index contributed by atoms with van der Waals surface area (Å²) < 4.78 is 36.3. The fourth-order valence-electron chi connectivity index (χ4n) is 3.10. The average molecular weight is 270 g/mol. The van der Waals surface area contributed by atoms with Gasteiger partial charge in [0.1, 0.15) is 0 Å². The summed E-state index contributed by atoms with van der Waals surface area (Å²) in [5.41, 5.74) is 1.39. The van der Waals surface area contributed by atoms with E-state index in [0.29, 0.717) is 18.3 Å². The number of rotatable bonds is 4. The molecule has 0 atom stereocenters. The van der Waals surface area contributed by atoms with Crippen LogP contribution in [0.15, 0.2) is 30.3 Å². The second-order valence-electron chi connectivity index (χ2n) is 5.64. The van der Waals surface area contributed by atoms with E-state index in [2.05, 4.69) is 24.3 Å². The van der Waals surface area contributed by atoms with Gasteiger partial charge in [-0.25, -0.2) is 0 Å². The molecule has 0 aliphatic heterocycles. The Bertz CT molecular complexity index is 361. The molecule has 1 saturated carbocycles. The molecule has 1 aliphatic carbocycles. The summed E-state index contributed by atoms with van der Waals surface area (Å²) in [7, 11) is 0. The van der Waals surface area contributed by atoms with Crippen LogP contribution in [0.5, 0.6) is 0 Å². The minimum Gasteiger partial charge on any atom is -0.171 e. The van der Waals surface area contributed by atoms with E-state index in [1.54, 1.807) is 0 Å². The van der Waals surface area contributed by atoms with Crippen LogP contribution in [-0.4, -0.2) is 6.18 Å². The van der Waals surface area contributed by atoms with Gasteiger partial charge in [-0.15, -0.1) is 0 Å². The van der Waals surface area contributed by atoms with Crippen LogP contribution >= 0.6 is 0 Å². The van der Waals surface area contributed by atoms with E-state index in [9.17, 15) is 13.2 Å². The molecule has 0 aromatic heterocycles. The van der Waals surface area contributed by atoms with E-state index in [0.717, 1.165) is 32.1 Å². The number of halogens is 3. The molecule has 0 bridgehead atoms. The van der Waals surface area contributed by atoms with Crippen molar-refractivity contribution in [1.29, 1.82) is 0 Å². The molecule has 0 spiro atoms. The first-order chi connectivity index (χ1) is 9.04. The van der Waals surface area contributed by atoms with E-state index in [1.807, 2.05) is 6.07 Å². The molecule has 0 N–H and O–H groups in total. The minimum absolute atomic E-state index is 0.296. The van der Waals surface area contributed by atoms with Crippen molar-refractivity contribution in [3.05, 3.63) is 35.9 Å². The molecule has 19 heavy (non-hydrogen) atoms. The van der Waals surface area contributed by atoms with Gasteiger partial charge in [0.15, 0.2) is 0 Å². The highest BCUT2D eigenvalue weighted by Gasteiger charge is 2.28. The van der Waals surface area contributed by atoms with Crippen molar-refractivity contribution in [2.24, 2.45) is 5.92 Å². The van der Waals surface area contributed by atoms with Gasteiger partial charge in [0.05, 0.1) is 0 Å². The maximum Gasteiger partial charge on any atom is 0.389 e. The summed E-state index contributed by atoms with van der Waals surface area (Å²) in [6.07, 6.45) is 0.842. The molecule has 0 radical (unpaired) electrons. The van der Waals surface area contributed by atoms with Gasteiger partial charge in [-0.1, -0.05) is 36.8 Å². The quantitative estimate of drug-likeness (QED) is 0.659. The Morgan fingerprint density at radius 3 is 2.16 bits per heavy atom. The highest BCUT2D eigenvalue weighted by molar-refractivity contribution is 5.19. The van der Waals surface area contributed by atoms with Crippen LogP contribution in [0.4, 0.5) is 13.2 Å². The van der Waals surface area contributed by atoms with E-state index >= 15 is 0 Å². The molecule has 106 valence electrons. The molecule has 0 heterocycles. The zero-order valence-electron chi connectivity index (χ0n) is 11.1. The zero-order chi connectivity index (χ0) is 13.7. The number of hydrogen-bond donors (Lipinski definition) is 0. The predicted octanol–water partition coefficient (Wildman–Crippen LogP) is 5.69. The lowest BCUT2D eigenvalue weighted by atomic mass is 9.77. The fraction of sp³-hybridized carbons (Fsp3) is 0.625. The molecule has 1 fully saturated rings. The first-order valence-electron chi connectivity index (χ1n) is 7.16. The lowest BCUT2D eigenvalue weighted by Gasteiger charge is -2.29. The summed E-state index contributed by atoms with van der Waals surface area (Å²) >= 11 is 0. The molecular weight excluding hydrogens is 249 g/mol. The first-order valence-corrected chi connectivity index (χ1v) is 7.16. The fourth-order valence-corrected chi connectivity index (χ4v) is 3.10. The molecule has 1 aromatic carbocycles. The summed E-state index contributed by atoms with van der Waals surface area (Å²) in [4.78, 5) is 0. The lowest BCUT2D eigenvalue weighted by Crippen LogP contribution is -2.14. The van der Waals surface area contributed by atoms with Crippen LogP contribution in [0.3, 0.4) is 0 Å². The molecule has 1 aliphatic rings. The maximum absolute atomic E-state index is 12.1. The summed E-state index contributed by atoms with van der Waals surface area (Å²) in [6, 6.07) is 10.5. The third kappa shape index (κ3) is 4.88. The van der Waals surface area contributed by atoms with E-state index in [1.165, 1.54) is 5.56 Å². The lowest BCUT2D eigenvalue weighted by molar-refractivity contribution is -0.136. The highest BCUT2D eigenvalue weighted by atomic mass is 19.4. The van der Waals surface area contributed by atoms with Crippen molar-refractivity contribution in [3.63, 3.8) is 0 Å². The predicted molar refractivity (Wildman–Crippen MR) is 71.0 cm³/mol. The molecular formula is C16H21F3. The first kappa shape index (κ1) is 14.4. The Morgan fingerprint density at radius 2 is 1.58 bits per heavy atom. The van der Waals surface area contributed by atoms with Crippen LogP contribution < -0.4 is 0 Å². The van der Waals surface area contributed by atoms with Gasteiger partial charge in [0.2, 0.25) is 0 Å². The Morgan fingerprint density at radius 1 is 0.947 bits per heavy atom. The molecule has 0 nitrogen and oxygen atoms in total. The van der Waals surface area contributed by atoms with Crippen molar-refractivity contribution in [2.75, 3.05) is 0 Å². The van der Waals surface area contributed by atoms with Gasteiger partial charge in [-0.3, -0.25) is 0 Å². The number of benzene rings is 1. The van der Waals surface area contributed by atoms with Gasteiger partial charge in [-0.2, -0.15) is 13.2 Å².